The summed E-state index contributed by atoms with van der Waals surface area (Å²) in [7, 11) is 0. The Kier molecular flexibility index (Phi) is 5.89. The lowest BCUT2D eigenvalue weighted by Crippen LogP contribution is -2.36. The highest BCUT2D eigenvalue weighted by Gasteiger charge is 2.09. The summed E-state index contributed by atoms with van der Waals surface area (Å²) in [5.41, 5.74) is 2.07. The van der Waals surface area contributed by atoms with Crippen molar-refractivity contribution in [3.8, 4) is 0 Å². The van der Waals surface area contributed by atoms with Gasteiger partial charge in [-0.2, -0.15) is 12.6 Å². The van der Waals surface area contributed by atoms with Crippen molar-refractivity contribution in [2.45, 2.75) is 44.9 Å². The zero-order valence-corrected chi connectivity index (χ0v) is 12.4. The smallest absolute Gasteiger partial charge is 0.162 e. The number of nitrogens with one attached hydrogen (secondary N) is 1. The van der Waals surface area contributed by atoms with Crippen LogP contribution in [0.5, 0.6) is 0 Å². The zero-order valence-electron chi connectivity index (χ0n) is 11.5. The van der Waals surface area contributed by atoms with Gasteiger partial charge in [-0.15, -0.1) is 0 Å². The zero-order chi connectivity index (χ0) is 13.6. The number of hydrogen-bond donors (Lipinski definition) is 2. The molecule has 0 heterocycles. The van der Waals surface area contributed by atoms with Crippen molar-refractivity contribution in [1.29, 1.82) is 0 Å². The van der Waals surface area contributed by atoms with E-state index >= 15 is 0 Å². The van der Waals surface area contributed by atoms with Crippen LogP contribution in [-0.4, -0.2) is 17.9 Å². The van der Waals surface area contributed by atoms with Crippen molar-refractivity contribution in [3.63, 3.8) is 0 Å². The van der Waals surface area contributed by atoms with Crippen LogP contribution in [0.25, 0.3) is 0 Å². The maximum atomic E-state index is 11.9. The molecule has 0 saturated carbocycles. The van der Waals surface area contributed by atoms with E-state index in [-0.39, 0.29) is 11.3 Å². The average Bonchev–Trinajstić information content (AvgIpc) is 2.33. The van der Waals surface area contributed by atoms with Gasteiger partial charge in [0.15, 0.2) is 5.78 Å². The number of thiol groups is 1. The van der Waals surface area contributed by atoms with E-state index in [2.05, 4.69) is 38.7 Å². The Morgan fingerprint density at radius 3 is 2.33 bits per heavy atom. The van der Waals surface area contributed by atoms with Gasteiger partial charge in [-0.05, 0) is 39.3 Å². The molecule has 1 aromatic rings. The van der Waals surface area contributed by atoms with Crippen molar-refractivity contribution in [3.05, 3.63) is 35.4 Å². The minimum atomic E-state index is 0.122. The van der Waals surface area contributed by atoms with E-state index in [1.54, 1.807) is 0 Å². The highest BCUT2D eigenvalue weighted by Crippen LogP contribution is 2.10. The topological polar surface area (TPSA) is 29.1 Å². The van der Waals surface area contributed by atoms with Gasteiger partial charge in [-0.1, -0.05) is 24.3 Å². The molecule has 0 saturated heterocycles. The average molecular weight is 265 g/mol. The summed E-state index contributed by atoms with van der Waals surface area (Å²) >= 11 is 4.20. The molecule has 1 aromatic carbocycles. The number of carbonyl (C=O) groups excluding carboxylic acids is 1. The number of hydrogen-bond acceptors (Lipinski definition) is 3. The van der Waals surface area contributed by atoms with Crippen LogP contribution in [0.15, 0.2) is 24.3 Å². The molecule has 0 bridgehead atoms. The van der Waals surface area contributed by atoms with Crippen LogP contribution < -0.4 is 5.32 Å². The highest BCUT2D eigenvalue weighted by molar-refractivity contribution is 7.79. The SMILES string of the molecule is CC(C)(C)NCCCC(=O)c1ccc(CS)cc1. The summed E-state index contributed by atoms with van der Waals surface area (Å²) in [6, 6.07) is 7.72. The molecule has 2 nitrogen and oxygen atoms in total. The second kappa shape index (κ2) is 6.95. The van der Waals surface area contributed by atoms with Crippen LogP contribution in [0.2, 0.25) is 0 Å². The number of benzene rings is 1. The van der Waals surface area contributed by atoms with E-state index in [9.17, 15) is 4.79 Å². The van der Waals surface area contributed by atoms with Crippen molar-refractivity contribution in [2.75, 3.05) is 6.54 Å². The highest BCUT2D eigenvalue weighted by atomic mass is 32.1. The second-order valence-corrected chi connectivity index (χ2v) is 5.87. The minimum Gasteiger partial charge on any atom is -0.312 e. The number of carbonyl (C=O) groups is 1. The standard InChI is InChI=1S/C15H23NOS/c1-15(2,3)16-10-4-5-14(17)13-8-6-12(11-18)7-9-13/h6-9,16,18H,4-5,10-11H2,1-3H3. The molecule has 0 radical (unpaired) electrons. The molecule has 0 aliphatic heterocycles. The predicted octanol–water partition coefficient (Wildman–Crippen LogP) is 3.47. The summed E-state index contributed by atoms with van der Waals surface area (Å²) in [6.07, 6.45) is 1.48. The van der Waals surface area contributed by atoms with Gasteiger partial charge in [0, 0.05) is 23.3 Å². The molecule has 1 rings (SSSR count). The van der Waals surface area contributed by atoms with Gasteiger partial charge in [0.2, 0.25) is 0 Å². The Balaban J connectivity index is 2.36. The number of ketones is 1. The van der Waals surface area contributed by atoms with Crippen molar-refractivity contribution in [2.24, 2.45) is 0 Å². The van der Waals surface area contributed by atoms with Crippen LogP contribution in [0.3, 0.4) is 0 Å². The quantitative estimate of drug-likeness (QED) is 0.468. The van der Waals surface area contributed by atoms with Crippen molar-refractivity contribution >= 4 is 18.4 Å². The van der Waals surface area contributed by atoms with E-state index in [1.807, 2.05) is 24.3 Å². The lowest BCUT2D eigenvalue weighted by Gasteiger charge is -2.20. The Labute approximate surface area is 116 Å². The van der Waals surface area contributed by atoms with Crippen LogP contribution in [0.1, 0.15) is 49.5 Å². The lowest BCUT2D eigenvalue weighted by atomic mass is 10.0. The van der Waals surface area contributed by atoms with E-state index in [1.165, 1.54) is 0 Å². The molecule has 0 unspecified atom stereocenters. The third kappa shape index (κ3) is 5.69. The van der Waals surface area contributed by atoms with Crippen LogP contribution in [0, 0.1) is 0 Å². The fourth-order valence-corrected chi connectivity index (χ4v) is 1.86. The summed E-state index contributed by atoms with van der Waals surface area (Å²) in [4.78, 5) is 11.9. The predicted molar refractivity (Wildman–Crippen MR) is 80.5 cm³/mol. The molecule has 0 amide bonds. The van der Waals surface area contributed by atoms with Crippen molar-refractivity contribution < 1.29 is 4.79 Å². The minimum absolute atomic E-state index is 0.122. The Hall–Kier alpha value is -0.800. The molecule has 0 fully saturated rings. The number of Topliss-reactive ketones (excluding diaryl/α,β-unsaturated/α-hetero) is 1. The maximum Gasteiger partial charge on any atom is 0.162 e. The number of rotatable bonds is 6. The second-order valence-electron chi connectivity index (χ2n) is 5.56. The molecule has 0 aliphatic carbocycles. The molecule has 0 spiro atoms. The third-order valence-corrected chi connectivity index (χ3v) is 3.06. The first-order valence-electron chi connectivity index (χ1n) is 6.40. The maximum absolute atomic E-state index is 11.9. The lowest BCUT2D eigenvalue weighted by molar-refractivity contribution is 0.0979. The normalized spacial score (nSPS) is 11.6. The monoisotopic (exact) mass is 265 g/mol. The first-order valence-corrected chi connectivity index (χ1v) is 7.03. The van der Waals surface area contributed by atoms with Crippen LogP contribution >= 0.6 is 12.6 Å². The Morgan fingerprint density at radius 2 is 1.83 bits per heavy atom. The van der Waals surface area contributed by atoms with E-state index in [4.69, 9.17) is 0 Å². The molecule has 0 atom stereocenters. The third-order valence-electron chi connectivity index (χ3n) is 2.69. The molecule has 100 valence electrons. The van der Waals surface area contributed by atoms with Gasteiger partial charge in [0.1, 0.15) is 0 Å². The molecule has 0 aliphatic rings. The van der Waals surface area contributed by atoms with Gasteiger partial charge in [-0.25, -0.2) is 0 Å². The van der Waals surface area contributed by atoms with Gasteiger partial charge >= 0.3 is 0 Å². The molecule has 18 heavy (non-hydrogen) atoms. The van der Waals surface area contributed by atoms with E-state index in [0.29, 0.717) is 12.2 Å². The first kappa shape index (κ1) is 15.3. The van der Waals surface area contributed by atoms with Crippen LogP contribution in [0.4, 0.5) is 0 Å². The van der Waals surface area contributed by atoms with Crippen molar-refractivity contribution in [1.82, 2.24) is 5.32 Å². The van der Waals surface area contributed by atoms with E-state index in [0.717, 1.165) is 24.1 Å². The molecule has 1 N–H and O–H groups in total. The first-order chi connectivity index (χ1) is 8.42. The Morgan fingerprint density at radius 1 is 1.22 bits per heavy atom. The summed E-state index contributed by atoms with van der Waals surface area (Å²) < 4.78 is 0. The van der Waals surface area contributed by atoms with Gasteiger partial charge in [-0.3, -0.25) is 4.79 Å². The fraction of sp³-hybridized carbons (Fsp3) is 0.533. The van der Waals surface area contributed by atoms with Crippen LogP contribution in [-0.2, 0) is 5.75 Å². The van der Waals surface area contributed by atoms with Gasteiger partial charge in [0.05, 0.1) is 0 Å². The summed E-state index contributed by atoms with van der Waals surface area (Å²) in [6.45, 7) is 7.27. The molecule has 0 aromatic heterocycles. The fourth-order valence-electron chi connectivity index (χ4n) is 1.65. The largest absolute Gasteiger partial charge is 0.312 e. The summed E-state index contributed by atoms with van der Waals surface area (Å²) in [5.74, 6) is 0.931. The Bertz CT molecular complexity index is 378. The van der Waals surface area contributed by atoms with Gasteiger partial charge in [0.25, 0.3) is 0 Å². The molecular weight excluding hydrogens is 242 g/mol. The van der Waals surface area contributed by atoms with Gasteiger partial charge < -0.3 is 5.32 Å². The molecular formula is C15H23NOS. The molecule has 3 heteroatoms. The summed E-state index contributed by atoms with van der Waals surface area (Å²) in [5, 5.41) is 3.38. The van der Waals surface area contributed by atoms with E-state index < -0.39 is 0 Å².